The standard InChI is InChI=1S/C19H19N5O2/c1-22-16(6-8-21-22)18(26)23-9-7-19(12-23)10-17(25)24(13-19)15-4-2-14(11-20)3-5-15/h2-6,8H,7,9-10,12-13H2,1H3/t19-/m1/s1. The van der Waals surface area contributed by atoms with Crippen LogP contribution in [0.4, 0.5) is 5.69 Å². The number of aromatic nitrogens is 2. The molecule has 0 aliphatic carbocycles. The Morgan fingerprint density at radius 2 is 2.00 bits per heavy atom. The van der Waals surface area contributed by atoms with Crippen LogP contribution in [-0.2, 0) is 11.8 Å². The summed E-state index contributed by atoms with van der Waals surface area (Å²) in [5.41, 5.74) is 1.75. The van der Waals surface area contributed by atoms with Crippen molar-refractivity contribution < 1.29 is 9.59 Å². The molecule has 132 valence electrons. The van der Waals surface area contributed by atoms with Gasteiger partial charge in [0.2, 0.25) is 5.91 Å². The molecule has 3 heterocycles. The predicted molar refractivity (Wildman–Crippen MR) is 94.3 cm³/mol. The summed E-state index contributed by atoms with van der Waals surface area (Å²) in [6.07, 6.45) is 2.88. The summed E-state index contributed by atoms with van der Waals surface area (Å²) in [4.78, 5) is 28.9. The number of rotatable bonds is 2. The Labute approximate surface area is 151 Å². The summed E-state index contributed by atoms with van der Waals surface area (Å²) in [5, 5.41) is 13.0. The number of hydrogen-bond donors (Lipinski definition) is 0. The van der Waals surface area contributed by atoms with E-state index < -0.39 is 0 Å². The lowest BCUT2D eigenvalue weighted by Gasteiger charge is -2.24. The molecule has 2 aromatic rings. The van der Waals surface area contributed by atoms with Gasteiger partial charge in [-0.25, -0.2) is 0 Å². The van der Waals surface area contributed by atoms with Crippen molar-refractivity contribution in [3.8, 4) is 6.07 Å². The third-order valence-electron chi connectivity index (χ3n) is 5.39. The second kappa shape index (κ2) is 5.99. The summed E-state index contributed by atoms with van der Waals surface area (Å²) < 4.78 is 1.58. The molecular weight excluding hydrogens is 330 g/mol. The van der Waals surface area contributed by atoms with Gasteiger partial charge in [-0.15, -0.1) is 0 Å². The Hall–Kier alpha value is -3.14. The van der Waals surface area contributed by atoms with E-state index in [9.17, 15) is 9.59 Å². The van der Waals surface area contributed by atoms with Crippen LogP contribution in [0.5, 0.6) is 0 Å². The first-order valence-corrected chi connectivity index (χ1v) is 8.59. The van der Waals surface area contributed by atoms with Gasteiger partial charge in [0.15, 0.2) is 0 Å². The summed E-state index contributed by atoms with van der Waals surface area (Å²) in [5.74, 6) is 0.0377. The molecule has 2 aliphatic rings. The third-order valence-corrected chi connectivity index (χ3v) is 5.39. The van der Waals surface area contributed by atoms with Gasteiger partial charge in [-0.1, -0.05) is 0 Å². The largest absolute Gasteiger partial charge is 0.337 e. The molecule has 1 atom stereocenters. The molecule has 1 aromatic heterocycles. The molecule has 0 bridgehead atoms. The number of carbonyl (C=O) groups is 2. The molecule has 0 unspecified atom stereocenters. The summed E-state index contributed by atoms with van der Waals surface area (Å²) >= 11 is 0. The predicted octanol–water partition coefficient (Wildman–Crippen LogP) is 1.56. The number of carbonyl (C=O) groups excluding carboxylic acids is 2. The number of nitrogens with zero attached hydrogens (tertiary/aromatic N) is 5. The van der Waals surface area contributed by atoms with E-state index in [1.165, 1.54) is 0 Å². The fraction of sp³-hybridized carbons (Fsp3) is 0.368. The molecule has 2 amide bonds. The minimum atomic E-state index is -0.195. The minimum Gasteiger partial charge on any atom is -0.337 e. The van der Waals surface area contributed by atoms with E-state index in [2.05, 4.69) is 11.2 Å². The first-order valence-electron chi connectivity index (χ1n) is 8.59. The zero-order valence-corrected chi connectivity index (χ0v) is 14.6. The molecule has 26 heavy (non-hydrogen) atoms. The van der Waals surface area contributed by atoms with Crippen molar-refractivity contribution >= 4 is 17.5 Å². The molecular formula is C19H19N5O2. The van der Waals surface area contributed by atoms with Gasteiger partial charge >= 0.3 is 0 Å². The Balaban J connectivity index is 1.50. The molecule has 1 aromatic carbocycles. The zero-order valence-electron chi connectivity index (χ0n) is 14.6. The van der Waals surface area contributed by atoms with E-state index >= 15 is 0 Å². The fourth-order valence-electron chi connectivity index (χ4n) is 3.97. The number of hydrogen-bond acceptors (Lipinski definition) is 4. The van der Waals surface area contributed by atoms with Crippen LogP contribution >= 0.6 is 0 Å². The highest BCUT2D eigenvalue weighted by atomic mass is 16.2. The molecule has 7 heteroatoms. The maximum Gasteiger partial charge on any atom is 0.272 e. The molecule has 1 spiro atoms. The van der Waals surface area contributed by atoms with Crippen LogP contribution in [0.3, 0.4) is 0 Å². The Kier molecular flexibility index (Phi) is 3.76. The van der Waals surface area contributed by atoms with Crippen molar-refractivity contribution in [1.29, 1.82) is 5.26 Å². The highest BCUT2D eigenvalue weighted by molar-refractivity contribution is 5.97. The van der Waals surface area contributed by atoms with Crippen molar-refractivity contribution in [1.82, 2.24) is 14.7 Å². The van der Waals surface area contributed by atoms with Crippen LogP contribution in [0.2, 0.25) is 0 Å². The molecule has 2 saturated heterocycles. The molecule has 0 radical (unpaired) electrons. The highest BCUT2D eigenvalue weighted by Crippen LogP contribution is 2.42. The summed E-state index contributed by atoms with van der Waals surface area (Å²) in [7, 11) is 1.75. The van der Waals surface area contributed by atoms with Gasteiger partial charge in [-0.05, 0) is 36.8 Å². The van der Waals surface area contributed by atoms with Crippen LogP contribution in [0.25, 0.3) is 0 Å². The summed E-state index contributed by atoms with van der Waals surface area (Å²) in [6, 6.07) is 10.9. The Morgan fingerprint density at radius 1 is 1.23 bits per heavy atom. The maximum atomic E-state index is 12.7. The molecule has 4 rings (SSSR count). The van der Waals surface area contributed by atoms with Crippen molar-refractivity contribution in [2.45, 2.75) is 12.8 Å². The van der Waals surface area contributed by atoms with Gasteiger partial charge < -0.3 is 9.80 Å². The van der Waals surface area contributed by atoms with Crippen LogP contribution in [0.15, 0.2) is 36.5 Å². The van der Waals surface area contributed by atoms with Gasteiger partial charge in [0.1, 0.15) is 5.69 Å². The van der Waals surface area contributed by atoms with Crippen molar-refractivity contribution in [2.75, 3.05) is 24.5 Å². The number of likely N-dealkylation sites (tertiary alicyclic amines) is 1. The van der Waals surface area contributed by atoms with Crippen molar-refractivity contribution in [3.05, 3.63) is 47.8 Å². The smallest absolute Gasteiger partial charge is 0.272 e. The molecule has 2 aliphatic heterocycles. The topological polar surface area (TPSA) is 82.2 Å². The monoisotopic (exact) mass is 349 g/mol. The second-order valence-electron chi connectivity index (χ2n) is 7.13. The van der Waals surface area contributed by atoms with E-state index in [1.807, 2.05) is 17.0 Å². The number of anilines is 1. The van der Waals surface area contributed by atoms with E-state index in [4.69, 9.17) is 5.26 Å². The molecule has 0 saturated carbocycles. The van der Waals surface area contributed by atoms with Crippen LogP contribution in [-0.4, -0.2) is 46.1 Å². The van der Waals surface area contributed by atoms with E-state index in [0.717, 1.165) is 12.1 Å². The third kappa shape index (κ3) is 2.64. The van der Waals surface area contributed by atoms with Gasteiger partial charge in [0, 0.05) is 50.4 Å². The van der Waals surface area contributed by atoms with Gasteiger partial charge in [0.25, 0.3) is 5.91 Å². The molecule has 0 N–H and O–H groups in total. The summed E-state index contributed by atoms with van der Waals surface area (Å²) in [6.45, 7) is 1.83. The van der Waals surface area contributed by atoms with Crippen molar-refractivity contribution in [3.63, 3.8) is 0 Å². The van der Waals surface area contributed by atoms with E-state index in [0.29, 0.717) is 37.3 Å². The first kappa shape index (κ1) is 16.3. The average Bonchev–Trinajstić information content (AvgIpc) is 3.34. The van der Waals surface area contributed by atoms with Crippen LogP contribution in [0.1, 0.15) is 28.9 Å². The van der Waals surface area contributed by atoms with Gasteiger partial charge in [-0.3, -0.25) is 14.3 Å². The fourth-order valence-corrected chi connectivity index (χ4v) is 3.97. The van der Waals surface area contributed by atoms with Gasteiger partial charge in [-0.2, -0.15) is 10.4 Å². The number of nitriles is 1. The Morgan fingerprint density at radius 3 is 2.65 bits per heavy atom. The first-order chi connectivity index (χ1) is 12.5. The zero-order chi connectivity index (χ0) is 18.3. The minimum absolute atomic E-state index is 0.0360. The van der Waals surface area contributed by atoms with Crippen molar-refractivity contribution in [2.24, 2.45) is 12.5 Å². The number of benzene rings is 1. The SMILES string of the molecule is Cn1nccc1C(=O)N1CC[C@@]2(CC(=O)N(c3ccc(C#N)cc3)C2)C1. The second-order valence-corrected chi connectivity index (χ2v) is 7.13. The lowest BCUT2D eigenvalue weighted by atomic mass is 9.86. The highest BCUT2D eigenvalue weighted by Gasteiger charge is 2.49. The van der Waals surface area contributed by atoms with E-state index in [-0.39, 0.29) is 17.2 Å². The number of amides is 2. The number of aryl methyl sites for hydroxylation is 1. The normalized spacial score (nSPS) is 22.2. The lowest BCUT2D eigenvalue weighted by molar-refractivity contribution is -0.117. The molecule has 7 nitrogen and oxygen atoms in total. The lowest BCUT2D eigenvalue weighted by Crippen LogP contribution is -2.35. The van der Waals surface area contributed by atoms with Crippen LogP contribution < -0.4 is 4.90 Å². The van der Waals surface area contributed by atoms with Crippen LogP contribution in [0, 0.1) is 16.7 Å². The van der Waals surface area contributed by atoms with E-state index in [1.54, 1.807) is 41.0 Å². The Bertz CT molecular complexity index is 911. The molecule has 2 fully saturated rings. The van der Waals surface area contributed by atoms with Gasteiger partial charge in [0.05, 0.1) is 11.6 Å². The maximum absolute atomic E-state index is 12.7. The average molecular weight is 349 g/mol. The quantitative estimate of drug-likeness (QED) is 0.824.